The van der Waals surface area contributed by atoms with Crippen LogP contribution in [0.15, 0.2) is 76.2 Å². The summed E-state index contributed by atoms with van der Waals surface area (Å²) in [5, 5.41) is 2.75. The summed E-state index contributed by atoms with van der Waals surface area (Å²) in [6.45, 7) is 2.09. The molecule has 8 heteroatoms. The Balaban J connectivity index is 1.53. The predicted octanol–water partition coefficient (Wildman–Crippen LogP) is 3.94. The number of carbonyl (C=O) groups is 1. The largest absolute Gasteiger partial charge is 0.468 e. The van der Waals surface area contributed by atoms with Gasteiger partial charge >= 0.3 is 0 Å². The average Bonchev–Trinajstić information content (AvgIpc) is 3.20. The zero-order valence-corrected chi connectivity index (χ0v) is 17.6. The molecule has 0 aliphatic rings. The molecule has 0 radical (unpaired) electrons. The Hall–Kier alpha value is -2.55. The highest BCUT2D eigenvalue weighted by Crippen LogP contribution is 2.18. The van der Waals surface area contributed by atoms with Crippen LogP contribution in [0.1, 0.15) is 16.9 Å². The van der Waals surface area contributed by atoms with E-state index < -0.39 is 10.0 Å². The summed E-state index contributed by atoms with van der Waals surface area (Å²) in [6, 6.07) is 17.7. The molecule has 2 aromatic carbocycles. The van der Waals surface area contributed by atoms with E-state index in [0.717, 1.165) is 5.75 Å². The summed E-state index contributed by atoms with van der Waals surface area (Å²) >= 11 is 1.51. The van der Waals surface area contributed by atoms with Crippen LogP contribution >= 0.6 is 11.8 Å². The van der Waals surface area contributed by atoms with E-state index in [1.807, 2.05) is 25.1 Å². The topological polar surface area (TPSA) is 88.4 Å². The summed E-state index contributed by atoms with van der Waals surface area (Å²) in [6.07, 6.45) is 1.48. The molecule has 0 aliphatic heterocycles. The molecule has 29 heavy (non-hydrogen) atoms. The summed E-state index contributed by atoms with van der Waals surface area (Å²) in [7, 11) is -3.72. The maximum Gasteiger partial charge on any atom is 0.241 e. The van der Waals surface area contributed by atoms with Crippen molar-refractivity contribution in [1.82, 2.24) is 4.72 Å². The minimum atomic E-state index is -3.72. The molecule has 1 heterocycles. The van der Waals surface area contributed by atoms with Crippen molar-refractivity contribution >= 4 is 33.4 Å². The second-order valence-electron chi connectivity index (χ2n) is 6.46. The van der Waals surface area contributed by atoms with Crippen LogP contribution in [0, 0.1) is 6.92 Å². The second-order valence-corrected chi connectivity index (χ2v) is 9.21. The molecular formula is C21H22N2O4S2. The number of furan rings is 1. The van der Waals surface area contributed by atoms with E-state index in [1.54, 1.807) is 24.3 Å². The first kappa shape index (κ1) is 21.2. The highest BCUT2D eigenvalue weighted by atomic mass is 32.2. The van der Waals surface area contributed by atoms with Crippen LogP contribution in [0.2, 0.25) is 0 Å². The van der Waals surface area contributed by atoms with Crippen molar-refractivity contribution in [1.29, 1.82) is 0 Å². The number of hydrogen-bond acceptors (Lipinski definition) is 5. The SMILES string of the molecule is Cc1cccc(CSCC(=O)Nc2cccc(S(=O)(=O)NCc3ccco3)c2)c1. The molecule has 3 rings (SSSR count). The first-order chi connectivity index (χ1) is 13.9. The Morgan fingerprint density at radius 1 is 1.07 bits per heavy atom. The van der Waals surface area contributed by atoms with Gasteiger partial charge in [-0.15, -0.1) is 11.8 Å². The zero-order chi connectivity index (χ0) is 20.7. The van der Waals surface area contributed by atoms with E-state index in [0.29, 0.717) is 11.4 Å². The fourth-order valence-corrected chi connectivity index (χ4v) is 4.48. The van der Waals surface area contributed by atoms with Gasteiger partial charge in [-0.05, 0) is 42.8 Å². The van der Waals surface area contributed by atoms with E-state index in [9.17, 15) is 13.2 Å². The number of benzene rings is 2. The van der Waals surface area contributed by atoms with E-state index >= 15 is 0 Å². The number of nitrogens with one attached hydrogen (secondary N) is 2. The predicted molar refractivity (Wildman–Crippen MR) is 115 cm³/mol. The third-order valence-electron chi connectivity index (χ3n) is 4.03. The normalized spacial score (nSPS) is 11.3. The number of carbonyl (C=O) groups excluding carboxylic acids is 1. The van der Waals surface area contributed by atoms with Gasteiger partial charge in [0.05, 0.1) is 23.5 Å². The molecule has 152 valence electrons. The average molecular weight is 431 g/mol. The number of rotatable bonds is 9. The van der Waals surface area contributed by atoms with Gasteiger partial charge in [-0.3, -0.25) is 4.79 Å². The minimum Gasteiger partial charge on any atom is -0.468 e. The third-order valence-corrected chi connectivity index (χ3v) is 6.43. The number of hydrogen-bond donors (Lipinski definition) is 2. The fraction of sp³-hybridized carbons (Fsp3) is 0.190. The molecule has 0 saturated carbocycles. The van der Waals surface area contributed by atoms with Crippen molar-refractivity contribution in [3.05, 3.63) is 83.8 Å². The minimum absolute atomic E-state index is 0.0571. The van der Waals surface area contributed by atoms with Crippen LogP contribution in [0.4, 0.5) is 5.69 Å². The van der Waals surface area contributed by atoms with E-state index in [2.05, 4.69) is 16.1 Å². The molecule has 1 aromatic heterocycles. The Kier molecular flexibility index (Phi) is 7.13. The summed E-state index contributed by atoms with van der Waals surface area (Å²) in [5.41, 5.74) is 2.79. The van der Waals surface area contributed by atoms with Crippen molar-refractivity contribution in [3.8, 4) is 0 Å². The van der Waals surface area contributed by atoms with Crippen molar-refractivity contribution in [2.75, 3.05) is 11.1 Å². The van der Waals surface area contributed by atoms with Gasteiger partial charge in [0.15, 0.2) is 0 Å². The molecule has 6 nitrogen and oxygen atoms in total. The van der Waals surface area contributed by atoms with Crippen molar-refractivity contribution in [3.63, 3.8) is 0 Å². The van der Waals surface area contributed by atoms with E-state index in [1.165, 1.54) is 41.3 Å². The Labute approximate surface area is 174 Å². The smallest absolute Gasteiger partial charge is 0.241 e. The van der Waals surface area contributed by atoms with Gasteiger partial charge in [0, 0.05) is 11.4 Å². The molecule has 2 N–H and O–H groups in total. The number of sulfonamides is 1. The van der Waals surface area contributed by atoms with Gasteiger partial charge in [-0.1, -0.05) is 35.9 Å². The summed E-state index contributed by atoms with van der Waals surface area (Å²) < 4.78 is 32.5. The Morgan fingerprint density at radius 3 is 2.66 bits per heavy atom. The maximum atomic E-state index is 12.5. The lowest BCUT2D eigenvalue weighted by Crippen LogP contribution is -2.23. The Morgan fingerprint density at radius 2 is 1.90 bits per heavy atom. The van der Waals surface area contributed by atoms with Crippen LogP contribution in [0.3, 0.4) is 0 Å². The first-order valence-corrected chi connectivity index (χ1v) is 11.6. The lowest BCUT2D eigenvalue weighted by molar-refractivity contribution is -0.113. The summed E-state index contributed by atoms with van der Waals surface area (Å²) in [4.78, 5) is 12.3. The maximum absolute atomic E-state index is 12.5. The molecule has 1 amide bonds. The highest BCUT2D eigenvalue weighted by molar-refractivity contribution is 7.99. The van der Waals surface area contributed by atoms with Crippen LogP contribution in [-0.4, -0.2) is 20.1 Å². The molecule has 0 fully saturated rings. The van der Waals surface area contributed by atoms with Crippen LogP contribution in [0.5, 0.6) is 0 Å². The third kappa shape index (κ3) is 6.49. The lowest BCUT2D eigenvalue weighted by Gasteiger charge is -2.09. The molecule has 0 aliphatic carbocycles. The molecule has 0 unspecified atom stereocenters. The molecule has 3 aromatic rings. The fourth-order valence-electron chi connectivity index (χ4n) is 2.66. The number of amides is 1. The van der Waals surface area contributed by atoms with Gasteiger partial charge in [-0.25, -0.2) is 13.1 Å². The standard InChI is InChI=1S/C21H22N2O4S2/c1-16-5-2-6-17(11-16)14-28-15-21(24)23-18-7-3-9-20(12-18)29(25,26)22-13-19-8-4-10-27-19/h2-12,22H,13-15H2,1H3,(H,23,24). The van der Waals surface area contributed by atoms with Gasteiger partial charge < -0.3 is 9.73 Å². The van der Waals surface area contributed by atoms with Gasteiger partial charge in [0.25, 0.3) is 0 Å². The zero-order valence-electron chi connectivity index (χ0n) is 15.9. The molecule has 0 bridgehead atoms. The highest BCUT2D eigenvalue weighted by Gasteiger charge is 2.15. The van der Waals surface area contributed by atoms with Gasteiger partial charge in [0.2, 0.25) is 15.9 Å². The molecule has 0 atom stereocenters. The van der Waals surface area contributed by atoms with Crippen molar-refractivity contribution in [2.45, 2.75) is 24.1 Å². The van der Waals surface area contributed by atoms with E-state index in [4.69, 9.17) is 4.42 Å². The second kappa shape index (κ2) is 9.78. The number of aryl methyl sites for hydroxylation is 1. The monoisotopic (exact) mass is 430 g/mol. The molecule has 0 spiro atoms. The number of thioether (sulfide) groups is 1. The van der Waals surface area contributed by atoms with Crippen LogP contribution < -0.4 is 10.0 Å². The van der Waals surface area contributed by atoms with Crippen LogP contribution in [0.25, 0.3) is 0 Å². The summed E-state index contributed by atoms with van der Waals surface area (Å²) in [5.74, 6) is 1.35. The van der Waals surface area contributed by atoms with E-state index in [-0.39, 0.29) is 23.1 Å². The van der Waals surface area contributed by atoms with Gasteiger partial charge in [-0.2, -0.15) is 0 Å². The quantitative estimate of drug-likeness (QED) is 0.537. The molecule has 0 saturated heterocycles. The first-order valence-electron chi connectivity index (χ1n) is 8.98. The Bertz CT molecular complexity index is 1060. The lowest BCUT2D eigenvalue weighted by atomic mass is 10.2. The molecular weight excluding hydrogens is 408 g/mol. The van der Waals surface area contributed by atoms with Gasteiger partial charge in [0.1, 0.15) is 5.76 Å². The van der Waals surface area contributed by atoms with Crippen LogP contribution in [-0.2, 0) is 27.1 Å². The number of anilines is 1. The van der Waals surface area contributed by atoms with Crippen molar-refractivity contribution < 1.29 is 17.6 Å². The van der Waals surface area contributed by atoms with Crippen molar-refractivity contribution in [2.24, 2.45) is 0 Å².